The highest BCUT2D eigenvalue weighted by Gasteiger charge is 2.23. The summed E-state index contributed by atoms with van der Waals surface area (Å²) < 4.78 is 28.8. The van der Waals surface area contributed by atoms with Crippen LogP contribution in [-0.2, 0) is 17.1 Å². The zero-order valence-electron chi connectivity index (χ0n) is 12.7. The summed E-state index contributed by atoms with van der Waals surface area (Å²) >= 11 is 5.95. The van der Waals surface area contributed by atoms with Crippen molar-refractivity contribution < 1.29 is 18.3 Å². The molecule has 0 saturated carbocycles. The molecule has 23 heavy (non-hydrogen) atoms. The van der Waals surface area contributed by atoms with Gasteiger partial charge in [-0.1, -0.05) is 30.7 Å². The Morgan fingerprint density at radius 1 is 1.39 bits per heavy atom. The van der Waals surface area contributed by atoms with Crippen molar-refractivity contribution in [1.82, 2.24) is 9.29 Å². The van der Waals surface area contributed by atoms with Crippen molar-refractivity contribution in [3.05, 3.63) is 52.8 Å². The highest BCUT2D eigenvalue weighted by Crippen LogP contribution is 2.23. The summed E-state index contributed by atoms with van der Waals surface area (Å²) in [4.78, 5) is 11.0. The van der Waals surface area contributed by atoms with Crippen LogP contribution in [-0.4, -0.2) is 24.1 Å². The number of aromatic carboxylic acids is 1. The van der Waals surface area contributed by atoms with Crippen molar-refractivity contribution in [1.29, 1.82) is 0 Å². The molecule has 0 amide bonds. The monoisotopic (exact) mass is 356 g/mol. The maximum Gasteiger partial charge on any atom is 0.352 e. The number of hydrogen-bond acceptors (Lipinski definition) is 3. The molecular weight excluding hydrogens is 340 g/mol. The fraction of sp³-hybridized carbons (Fsp3) is 0.267. The van der Waals surface area contributed by atoms with Crippen LogP contribution in [0, 0.1) is 0 Å². The van der Waals surface area contributed by atoms with Gasteiger partial charge in [0.15, 0.2) is 0 Å². The first-order valence-corrected chi connectivity index (χ1v) is 8.78. The van der Waals surface area contributed by atoms with E-state index in [1.54, 1.807) is 24.3 Å². The molecule has 0 radical (unpaired) electrons. The lowest BCUT2D eigenvalue weighted by molar-refractivity contribution is 0.0686. The number of carbonyl (C=O) groups is 1. The van der Waals surface area contributed by atoms with E-state index in [4.69, 9.17) is 16.7 Å². The molecular formula is C15H17ClN2O4S. The summed E-state index contributed by atoms with van der Waals surface area (Å²) in [5.41, 5.74) is 0.652. The molecule has 1 unspecified atom stereocenters. The standard InChI is InChI=1S/C15H17ClN2O4S/c1-3-13(10-5-4-6-11(16)7-10)17-23(21,22)12-8-14(15(19)20)18(2)9-12/h4-9,13,17H,3H2,1-2H3,(H,19,20). The average Bonchev–Trinajstić information content (AvgIpc) is 2.88. The molecule has 1 aromatic carbocycles. The van der Waals surface area contributed by atoms with Gasteiger partial charge in [-0.15, -0.1) is 0 Å². The zero-order chi connectivity index (χ0) is 17.2. The van der Waals surface area contributed by atoms with Crippen LogP contribution in [0.3, 0.4) is 0 Å². The van der Waals surface area contributed by atoms with Gasteiger partial charge in [-0.2, -0.15) is 0 Å². The minimum Gasteiger partial charge on any atom is -0.477 e. The minimum atomic E-state index is -3.85. The summed E-state index contributed by atoms with van der Waals surface area (Å²) in [6.07, 6.45) is 1.80. The number of nitrogens with one attached hydrogen (secondary N) is 1. The Kier molecular flexibility index (Phi) is 5.13. The van der Waals surface area contributed by atoms with Crippen molar-refractivity contribution >= 4 is 27.6 Å². The Balaban J connectivity index is 2.32. The van der Waals surface area contributed by atoms with Gasteiger partial charge in [-0.05, 0) is 30.2 Å². The van der Waals surface area contributed by atoms with Crippen LogP contribution in [0.25, 0.3) is 0 Å². The molecule has 8 heteroatoms. The van der Waals surface area contributed by atoms with E-state index in [9.17, 15) is 13.2 Å². The minimum absolute atomic E-state index is 0.0853. The number of aromatic nitrogens is 1. The van der Waals surface area contributed by atoms with E-state index in [2.05, 4.69) is 4.72 Å². The molecule has 1 atom stereocenters. The van der Waals surface area contributed by atoms with E-state index >= 15 is 0 Å². The third-order valence-electron chi connectivity index (χ3n) is 3.47. The van der Waals surface area contributed by atoms with Gasteiger partial charge in [0.2, 0.25) is 10.0 Å². The number of halogens is 1. The molecule has 0 aliphatic rings. The average molecular weight is 357 g/mol. The quantitative estimate of drug-likeness (QED) is 0.833. The van der Waals surface area contributed by atoms with Gasteiger partial charge in [0.05, 0.1) is 0 Å². The normalized spacial score (nSPS) is 13.0. The van der Waals surface area contributed by atoms with Gasteiger partial charge in [0.25, 0.3) is 0 Å². The van der Waals surface area contributed by atoms with Gasteiger partial charge in [0, 0.05) is 24.3 Å². The summed E-state index contributed by atoms with van der Waals surface area (Å²) in [5.74, 6) is -1.18. The van der Waals surface area contributed by atoms with Gasteiger partial charge in [-0.25, -0.2) is 17.9 Å². The first-order valence-electron chi connectivity index (χ1n) is 6.92. The van der Waals surface area contributed by atoms with Crippen molar-refractivity contribution in [2.24, 2.45) is 7.05 Å². The summed E-state index contributed by atoms with van der Waals surface area (Å²) in [6.45, 7) is 1.85. The van der Waals surface area contributed by atoms with Gasteiger partial charge in [0.1, 0.15) is 10.6 Å². The van der Waals surface area contributed by atoms with Crippen molar-refractivity contribution in [2.75, 3.05) is 0 Å². The fourth-order valence-corrected chi connectivity index (χ4v) is 3.84. The SMILES string of the molecule is CCC(NS(=O)(=O)c1cc(C(=O)O)n(C)c1)c1cccc(Cl)c1. The molecule has 0 aliphatic carbocycles. The van der Waals surface area contributed by atoms with E-state index in [1.165, 1.54) is 17.8 Å². The lowest BCUT2D eigenvalue weighted by atomic mass is 10.1. The lowest BCUT2D eigenvalue weighted by Gasteiger charge is -2.17. The van der Waals surface area contributed by atoms with Crippen LogP contribution in [0.4, 0.5) is 0 Å². The van der Waals surface area contributed by atoms with E-state index in [1.807, 2.05) is 6.92 Å². The summed E-state index contributed by atoms with van der Waals surface area (Å²) in [5, 5.41) is 9.55. The largest absolute Gasteiger partial charge is 0.477 e. The smallest absolute Gasteiger partial charge is 0.352 e. The van der Waals surface area contributed by atoms with E-state index in [0.717, 1.165) is 11.6 Å². The van der Waals surface area contributed by atoms with Crippen LogP contribution in [0.2, 0.25) is 5.02 Å². The predicted octanol–water partition coefficient (Wildman–Crippen LogP) is 2.81. The topological polar surface area (TPSA) is 88.4 Å². The number of hydrogen-bond donors (Lipinski definition) is 2. The Labute approximate surface area is 139 Å². The molecule has 0 spiro atoms. The third kappa shape index (κ3) is 3.93. The third-order valence-corrected chi connectivity index (χ3v) is 5.14. The summed E-state index contributed by atoms with van der Waals surface area (Å²) in [7, 11) is -2.36. The molecule has 0 aliphatic heterocycles. The molecule has 1 aromatic heterocycles. The molecule has 2 rings (SSSR count). The number of sulfonamides is 1. The van der Waals surface area contributed by atoms with Gasteiger partial charge in [-0.3, -0.25) is 0 Å². The van der Waals surface area contributed by atoms with Crippen molar-refractivity contribution in [2.45, 2.75) is 24.3 Å². The molecule has 2 aromatic rings. The van der Waals surface area contributed by atoms with Crippen molar-refractivity contribution in [3.63, 3.8) is 0 Å². The van der Waals surface area contributed by atoms with Crippen LogP contribution in [0.15, 0.2) is 41.4 Å². The number of carboxylic acids is 1. The highest BCUT2D eigenvalue weighted by molar-refractivity contribution is 7.89. The lowest BCUT2D eigenvalue weighted by Crippen LogP contribution is -2.28. The Bertz CT molecular complexity index is 830. The Morgan fingerprint density at radius 2 is 2.09 bits per heavy atom. The molecule has 0 fully saturated rings. The van der Waals surface area contributed by atoms with Crippen LogP contribution in [0.1, 0.15) is 35.4 Å². The molecule has 6 nitrogen and oxygen atoms in total. The summed E-state index contributed by atoms with van der Waals surface area (Å²) in [6, 6.07) is 7.63. The van der Waals surface area contributed by atoms with Crippen molar-refractivity contribution in [3.8, 4) is 0 Å². The first kappa shape index (κ1) is 17.5. The number of nitrogens with zero attached hydrogens (tertiary/aromatic N) is 1. The molecule has 1 heterocycles. The maximum absolute atomic E-state index is 12.5. The number of aryl methyl sites for hydroxylation is 1. The Hall–Kier alpha value is -1.83. The van der Waals surface area contributed by atoms with Crippen LogP contribution in [0.5, 0.6) is 0 Å². The van der Waals surface area contributed by atoms with Crippen LogP contribution >= 0.6 is 11.6 Å². The zero-order valence-corrected chi connectivity index (χ0v) is 14.2. The van der Waals surface area contributed by atoms with E-state index in [0.29, 0.717) is 11.4 Å². The number of carboxylic acid groups (broad SMARTS) is 1. The van der Waals surface area contributed by atoms with Crippen LogP contribution < -0.4 is 4.72 Å². The maximum atomic E-state index is 12.5. The van der Waals surface area contributed by atoms with Gasteiger partial charge >= 0.3 is 5.97 Å². The van der Waals surface area contributed by atoms with Gasteiger partial charge < -0.3 is 9.67 Å². The number of rotatable bonds is 6. The molecule has 0 saturated heterocycles. The number of benzene rings is 1. The van der Waals surface area contributed by atoms with E-state index < -0.39 is 22.0 Å². The van der Waals surface area contributed by atoms with E-state index in [-0.39, 0.29) is 10.6 Å². The first-order chi connectivity index (χ1) is 10.7. The second kappa shape index (κ2) is 6.74. The fourth-order valence-electron chi connectivity index (χ4n) is 2.26. The molecule has 124 valence electrons. The molecule has 2 N–H and O–H groups in total. The highest BCUT2D eigenvalue weighted by atomic mass is 35.5. The second-order valence-corrected chi connectivity index (χ2v) is 7.26. The predicted molar refractivity (Wildman–Crippen MR) is 87.2 cm³/mol. The second-order valence-electron chi connectivity index (χ2n) is 5.11. The molecule has 0 bridgehead atoms. The Morgan fingerprint density at radius 3 is 2.61 bits per heavy atom.